The Morgan fingerprint density at radius 1 is 1.26 bits per heavy atom. The Morgan fingerprint density at radius 3 is 2.61 bits per heavy atom. The Morgan fingerprint density at radius 2 is 1.97 bits per heavy atom. The first-order valence-electron chi connectivity index (χ1n) is 11.1. The maximum Gasteiger partial charge on any atom is 0.493 e. The molecule has 1 saturated heterocycles. The lowest BCUT2D eigenvalue weighted by Crippen LogP contribution is -2.39. The van der Waals surface area contributed by atoms with E-state index >= 15 is 4.39 Å². The first-order valence-corrected chi connectivity index (χ1v) is 14.3. The Balaban J connectivity index is 1.57. The van der Waals surface area contributed by atoms with Crippen molar-refractivity contribution in [2.75, 3.05) is 29.5 Å². The van der Waals surface area contributed by atoms with Crippen molar-refractivity contribution in [3.63, 3.8) is 0 Å². The predicted octanol–water partition coefficient (Wildman–Crippen LogP) is 4.97. The maximum absolute atomic E-state index is 15.3. The standard InChI is InChI=1S/C23H21BrF4N4O4S2/c1-30(16-7-8-31(12-16)11-15-5-3-2-4-6-15)19-10-18(25)20(9-17(19)24)38(34,35)32(21-13-37-14-29-21)36-22(33)23(26,27)28/h2-6,9-10,13-14,16H,7-8,11-12H2,1H3/t16-/m0/s1. The number of rotatable bonds is 8. The summed E-state index contributed by atoms with van der Waals surface area (Å²) < 4.78 is 80.0. The van der Waals surface area contributed by atoms with Gasteiger partial charge in [0, 0.05) is 42.6 Å². The number of hydrogen-bond donors (Lipinski definition) is 0. The minimum atomic E-state index is -5.49. The quantitative estimate of drug-likeness (QED) is 0.255. The molecule has 0 bridgehead atoms. The monoisotopic (exact) mass is 636 g/mol. The molecule has 1 aromatic heterocycles. The van der Waals surface area contributed by atoms with Crippen LogP contribution in [-0.2, 0) is 26.2 Å². The number of anilines is 2. The largest absolute Gasteiger partial charge is 0.493 e. The van der Waals surface area contributed by atoms with Crippen LogP contribution in [0.1, 0.15) is 12.0 Å². The van der Waals surface area contributed by atoms with Gasteiger partial charge in [0.1, 0.15) is 10.7 Å². The van der Waals surface area contributed by atoms with Crippen LogP contribution in [0.5, 0.6) is 0 Å². The van der Waals surface area contributed by atoms with Crippen molar-refractivity contribution in [2.45, 2.75) is 30.1 Å². The van der Waals surface area contributed by atoms with E-state index in [2.05, 4.69) is 30.7 Å². The van der Waals surface area contributed by atoms with Gasteiger partial charge in [0.2, 0.25) is 0 Å². The molecule has 0 unspecified atom stereocenters. The van der Waals surface area contributed by atoms with Gasteiger partial charge in [-0.15, -0.1) is 11.3 Å². The molecule has 0 amide bonds. The van der Waals surface area contributed by atoms with Gasteiger partial charge >= 0.3 is 12.1 Å². The molecule has 0 saturated carbocycles. The van der Waals surface area contributed by atoms with Crippen LogP contribution in [0.25, 0.3) is 0 Å². The molecule has 3 aromatic rings. The summed E-state index contributed by atoms with van der Waals surface area (Å²) in [7, 11) is -3.39. The predicted molar refractivity (Wildman–Crippen MR) is 137 cm³/mol. The number of carbonyl (C=O) groups excluding carboxylic acids is 1. The molecule has 0 N–H and O–H groups in total. The van der Waals surface area contributed by atoms with Gasteiger partial charge in [-0.3, -0.25) is 4.90 Å². The summed E-state index contributed by atoms with van der Waals surface area (Å²) >= 11 is 4.10. The molecule has 15 heteroatoms. The summed E-state index contributed by atoms with van der Waals surface area (Å²) in [6.07, 6.45) is -4.71. The van der Waals surface area contributed by atoms with Crippen LogP contribution < -0.4 is 9.37 Å². The van der Waals surface area contributed by atoms with E-state index in [9.17, 15) is 26.4 Å². The number of sulfonamides is 1. The van der Waals surface area contributed by atoms with Crippen molar-refractivity contribution in [3.8, 4) is 0 Å². The fourth-order valence-corrected chi connectivity index (χ4v) is 6.64. The molecule has 2 heterocycles. The zero-order valence-electron chi connectivity index (χ0n) is 19.7. The third-order valence-corrected chi connectivity index (χ3v) is 8.70. The molecule has 1 aliphatic heterocycles. The lowest BCUT2D eigenvalue weighted by molar-refractivity contribution is -0.199. The van der Waals surface area contributed by atoms with Crippen molar-refractivity contribution in [1.29, 1.82) is 0 Å². The highest BCUT2D eigenvalue weighted by atomic mass is 79.9. The molecule has 1 atom stereocenters. The van der Waals surface area contributed by atoms with Crippen LogP contribution in [-0.4, -0.2) is 56.6 Å². The molecule has 1 fully saturated rings. The second kappa shape index (κ2) is 11.2. The fourth-order valence-electron chi connectivity index (χ4n) is 4.03. The highest BCUT2D eigenvalue weighted by Gasteiger charge is 2.46. The number of alkyl halides is 3. The topological polar surface area (TPSA) is 83.1 Å². The van der Waals surface area contributed by atoms with E-state index in [4.69, 9.17) is 0 Å². The average molecular weight is 637 g/mol. The summed E-state index contributed by atoms with van der Waals surface area (Å²) in [5.74, 6) is -4.67. The van der Waals surface area contributed by atoms with E-state index in [0.29, 0.717) is 12.2 Å². The van der Waals surface area contributed by atoms with Gasteiger partial charge < -0.3 is 9.74 Å². The van der Waals surface area contributed by atoms with Gasteiger partial charge in [-0.05, 0) is 40.0 Å². The molecule has 4 rings (SSSR count). The molecular weight excluding hydrogens is 616 g/mol. The minimum Gasteiger partial charge on any atom is -0.369 e. The first-order chi connectivity index (χ1) is 17.9. The second-order valence-electron chi connectivity index (χ2n) is 8.46. The van der Waals surface area contributed by atoms with Crippen LogP contribution in [0.3, 0.4) is 0 Å². The maximum atomic E-state index is 15.3. The lowest BCUT2D eigenvalue weighted by atomic mass is 10.2. The summed E-state index contributed by atoms with van der Waals surface area (Å²) in [5.41, 5.74) is 2.63. The summed E-state index contributed by atoms with van der Waals surface area (Å²) in [6, 6.07) is 11.8. The summed E-state index contributed by atoms with van der Waals surface area (Å²) in [6.45, 7) is 2.25. The number of nitrogens with zero attached hydrogens (tertiary/aromatic N) is 4. The molecule has 204 valence electrons. The molecule has 2 aromatic carbocycles. The zero-order chi connectivity index (χ0) is 27.7. The van der Waals surface area contributed by atoms with Crippen molar-refractivity contribution >= 4 is 54.8 Å². The molecule has 1 aliphatic rings. The van der Waals surface area contributed by atoms with Gasteiger partial charge in [-0.2, -0.15) is 21.6 Å². The van der Waals surface area contributed by atoms with Gasteiger partial charge in [-0.1, -0.05) is 34.8 Å². The summed E-state index contributed by atoms with van der Waals surface area (Å²) in [4.78, 5) is 22.2. The summed E-state index contributed by atoms with van der Waals surface area (Å²) in [5, 5.41) is 1.04. The highest BCUT2D eigenvalue weighted by molar-refractivity contribution is 9.10. The van der Waals surface area contributed by atoms with E-state index < -0.39 is 38.7 Å². The van der Waals surface area contributed by atoms with E-state index in [-0.39, 0.29) is 15.0 Å². The molecule has 38 heavy (non-hydrogen) atoms. The van der Waals surface area contributed by atoms with Crippen LogP contribution in [0.2, 0.25) is 0 Å². The number of likely N-dealkylation sites (N-methyl/N-ethyl adjacent to an activating group) is 1. The van der Waals surface area contributed by atoms with Crippen molar-refractivity contribution < 1.29 is 35.6 Å². The second-order valence-corrected chi connectivity index (χ2v) is 11.8. The number of halogens is 5. The molecule has 0 radical (unpaired) electrons. The SMILES string of the molecule is CN(c1cc(F)c(S(=O)(=O)N(OC(=O)C(F)(F)F)c2cscn2)cc1Br)[C@H]1CCN(Cc2ccccc2)C1. The van der Waals surface area contributed by atoms with Crippen molar-refractivity contribution in [1.82, 2.24) is 9.88 Å². The van der Waals surface area contributed by atoms with Gasteiger partial charge in [0.15, 0.2) is 5.82 Å². The Kier molecular flexibility index (Phi) is 8.30. The number of aromatic nitrogens is 1. The smallest absolute Gasteiger partial charge is 0.369 e. The Labute approximate surface area is 228 Å². The molecule has 0 spiro atoms. The van der Waals surface area contributed by atoms with E-state index in [1.165, 1.54) is 0 Å². The highest BCUT2D eigenvalue weighted by Crippen LogP contribution is 2.36. The van der Waals surface area contributed by atoms with Gasteiger partial charge in [0.25, 0.3) is 10.0 Å². The van der Waals surface area contributed by atoms with Crippen LogP contribution in [0, 0.1) is 5.82 Å². The number of benzene rings is 2. The van der Waals surface area contributed by atoms with E-state index in [1.807, 2.05) is 35.2 Å². The van der Waals surface area contributed by atoms with E-state index in [1.54, 1.807) is 7.05 Å². The van der Waals surface area contributed by atoms with Crippen LogP contribution in [0.15, 0.2) is 62.7 Å². The number of likely N-dealkylation sites (tertiary alicyclic amines) is 1. The lowest BCUT2D eigenvalue weighted by Gasteiger charge is -2.29. The van der Waals surface area contributed by atoms with Crippen LogP contribution in [0.4, 0.5) is 29.1 Å². The Hall–Kier alpha value is -2.75. The number of thiazole rings is 1. The third-order valence-electron chi connectivity index (χ3n) is 5.93. The third kappa shape index (κ3) is 6.11. The van der Waals surface area contributed by atoms with Crippen LogP contribution >= 0.6 is 27.3 Å². The molecular formula is C23H21BrF4N4O4S2. The zero-order valence-corrected chi connectivity index (χ0v) is 22.9. The minimum absolute atomic E-state index is 0.00360. The van der Waals surface area contributed by atoms with Crippen molar-refractivity contribution in [2.24, 2.45) is 0 Å². The number of carbonyl (C=O) groups is 1. The Bertz CT molecular complexity index is 1390. The van der Waals surface area contributed by atoms with Crippen molar-refractivity contribution in [3.05, 3.63) is 69.2 Å². The first kappa shape index (κ1) is 28.3. The number of hydrogen-bond acceptors (Lipinski definition) is 8. The normalized spacial score (nSPS) is 16.4. The van der Waals surface area contributed by atoms with Gasteiger partial charge in [-0.25, -0.2) is 14.2 Å². The molecule has 8 nitrogen and oxygen atoms in total. The van der Waals surface area contributed by atoms with Gasteiger partial charge in [0.05, 0.1) is 11.2 Å². The molecule has 0 aliphatic carbocycles. The fraction of sp³-hybridized carbons (Fsp3) is 0.304. The van der Waals surface area contributed by atoms with E-state index in [0.717, 1.165) is 59.4 Å². The average Bonchev–Trinajstić information content (AvgIpc) is 3.55.